The molecule has 0 spiro atoms. The Morgan fingerprint density at radius 1 is 1.33 bits per heavy atom. The van der Waals surface area contributed by atoms with Crippen molar-refractivity contribution in [3.63, 3.8) is 0 Å². The minimum Gasteiger partial charge on any atom is -0.398 e. The van der Waals surface area contributed by atoms with Crippen LogP contribution in [0.4, 0.5) is 18.9 Å². The van der Waals surface area contributed by atoms with Gasteiger partial charge in [0.25, 0.3) is 0 Å². The first-order valence-corrected chi connectivity index (χ1v) is 6.98. The number of anilines is 1. The molecule has 0 aromatic heterocycles. The summed E-state index contributed by atoms with van der Waals surface area (Å²) in [5.74, 6) is -1.07. The molecule has 0 aliphatic heterocycles. The van der Waals surface area contributed by atoms with Crippen molar-refractivity contribution in [2.45, 2.75) is 11.1 Å². The van der Waals surface area contributed by atoms with E-state index in [2.05, 4.69) is 20.7 Å². The Labute approximate surface area is 110 Å². The van der Waals surface area contributed by atoms with Gasteiger partial charge in [-0.2, -0.15) is 13.2 Å². The van der Waals surface area contributed by atoms with Crippen LogP contribution in [0.1, 0.15) is 0 Å². The van der Waals surface area contributed by atoms with Gasteiger partial charge < -0.3 is 10.5 Å². The summed E-state index contributed by atoms with van der Waals surface area (Å²) in [4.78, 5) is -0.257. The van der Waals surface area contributed by atoms with E-state index in [1.54, 1.807) is 0 Å². The largest absolute Gasteiger partial charge is 0.411 e. The molecular formula is C9H9BrF3NO3S. The van der Waals surface area contributed by atoms with Crippen LogP contribution in [0, 0.1) is 0 Å². The SMILES string of the molecule is Nc1cc(Br)ccc1S(=O)(=O)COCC(F)(F)F. The van der Waals surface area contributed by atoms with Gasteiger partial charge >= 0.3 is 6.18 Å². The van der Waals surface area contributed by atoms with Gasteiger partial charge in [-0.05, 0) is 18.2 Å². The highest BCUT2D eigenvalue weighted by atomic mass is 79.9. The summed E-state index contributed by atoms with van der Waals surface area (Å²) in [6, 6.07) is 3.97. The number of benzene rings is 1. The summed E-state index contributed by atoms with van der Waals surface area (Å²) in [6.07, 6.45) is -4.57. The maximum atomic E-state index is 11.8. The number of nitrogen functional groups attached to an aromatic ring is 1. The van der Waals surface area contributed by atoms with E-state index in [0.717, 1.165) is 0 Å². The number of sulfone groups is 1. The van der Waals surface area contributed by atoms with Crippen LogP contribution in [0.5, 0.6) is 0 Å². The molecule has 9 heteroatoms. The Morgan fingerprint density at radius 2 is 1.94 bits per heavy atom. The third-order valence-corrected chi connectivity index (χ3v) is 3.82. The van der Waals surface area contributed by atoms with E-state index in [-0.39, 0.29) is 10.6 Å². The quantitative estimate of drug-likeness (QED) is 0.848. The zero-order valence-electron chi connectivity index (χ0n) is 8.87. The highest BCUT2D eigenvalue weighted by molar-refractivity contribution is 9.10. The molecule has 0 unspecified atom stereocenters. The van der Waals surface area contributed by atoms with E-state index in [9.17, 15) is 21.6 Å². The lowest BCUT2D eigenvalue weighted by Crippen LogP contribution is -2.21. The Hall–Kier alpha value is -0.800. The van der Waals surface area contributed by atoms with Gasteiger partial charge in [-0.3, -0.25) is 0 Å². The lowest BCUT2D eigenvalue weighted by molar-refractivity contribution is -0.169. The number of ether oxygens (including phenoxy) is 1. The number of alkyl halides is 3. The number of hydrogen-bond donors (Lipinski definition) is 1. The summed E-state index contributed by atoms with van der Waals surface area (Å²) < 4.78 is 63.5. The van der Waals surface area contributed by atoms with E-state index in [1.165, 1.54) is 18.2 Å². The number of nitrogens with two attached hydrogens (primary N) is 1. The van der Waals surface area contributed by atoms with Gasteiger partial charge in [0.15, 0.2) is 5.94 Å². The van der Waals surface area contributed by atoms with Gasteiger partial charge in [0.1, 0.15) is 6.61 Å². The molecule has 0 atom stereocenters. The lowest BCUT2D eigenvalue weighted by Gasteiger charge is -2.10. The molecule has 1 rings (SSSR count). The topological polar surface area (TPSA) is 69.4 Å². The van der Waals surface area contributed by atoms with Gasteiger partial charge in [-0.15, -0.1) is 0 Å². The normalized spacial score (nSPS) is 12.7. The molecule has 0 bridgehead atoms. The Bertz CT molecular complexity index is 530. The molecule has 0 heterocycles. The highest BCUT2D eigenvalue weighted by Crippen LogP contribution is 2.24. The van der Waals surface area contributed by atoms with Crippen molar-refractivity contribution in [3.05, 3.63) is 22.7 Å². The minimum atomic E-state index is -4.57. The molecule has 0 saturated carbocycles. The van der Waals surface area contributed by atoms with E-state index in [4.69, 9.17) is 5.73 Å². The number of hydrogen-bond acceptors (Lipinski definition) is 4. The van der Waals surface area contributed by atoms with Crippen LogP contribution in [0.3, 0.4) is 0 Å². The Kier molecular flexibility index (Phi) is 4.62. The van der Waals surface area contributed by atoms with Crippen LogP contribution in [0.15, 0.2) is 27.6 Å². The maximum Gasteiger partial charge on any atom is 0.411 e. The highest BCUT2D eigenvalue weighted by Gasteiger charge is 2.29. The van der Waals surface area contributed by atoms with Crippen molar-refractivity contribution in [1.82, 2.24) is 0 Å². The molecule has 0 saturated heterocycles. The van der Waals surface area contributed by atoms with Gasteiger partial charge in [0.2, 0.25) is 9.84 Å². The van der Waals surface area contributed by atoms with Gasteiger partial charge in [-0.1, -0.05) is 15.9 Å². The van der Waals surface area contributed by atoms with Crippen molar-refractivity contribution in [3.8, 4) is 0 Å². The van der Waals surface area contributed by atoms with Crippen LogP contribution in [0.2, 0.25) is 0 Å². The first kappa shape index (κ1) is 15.3. The fourth-order valence-electron chi connectivity index (χ4n) is 1.13. The monoisotopic (exact) mass is 347 g/mol. The van der Waals surface area contributed by atoms with Crippen molar-refractivity contribution in [1.29, 1.82) is 0 Å². The third kappa shape index (κ3) is 4.46. The zero-order chi connectivity index (χ0) is 14.0. The van der Waals surface area contributed by atoms with Gasteiger partial charge in [0.05, 0.1) is 10.6 Å². The average Bonchev–Trinajstić information content (AvgIpc) is 2.13. The molecule has 102 valence electrons. The Morgan fingerprint density at radius 3 is 2.44 bits per heavy atom. The van der Waals surface area contributed by atoms with Crippen molar-refractivity contribution in [2.24, 2.45) is 0 Å². The first-order valence-electron chi connectivity index (χ1n) is 4.54. The van der Waals surface area contributed by atoms with Crippen LogP contribution >= 0.6 is 15.9 Å². The summed E-state index contributed by atoms with van der Waals surface area (Å²) in [6.45, 7) is -1.62. The standard InChI is InChI=1S/C9H9BrF3NO3S/c10-6-1-2-8(7(14)3-6)18(15,16)5-17-4-9(11,12)13/h1-3H,4-5,14H2. The van der Waals surface area contributed by atoms with E-state index in [1.807, 2.05) is 0 Å². The molecule has 1 aromatic carbocycles. The lowest BCUT2D eigenvalue weighted by atomic mass is 10.3. The van der Waals surface area contributed by atoms with E-state index in [0.29, 0.717) is 4.47 Å². The maximum absolute atomic E-state index is 11.8. The van der Waals surface area contributed by atoms with E-state index >= 15 is 0 Å². The van der Waals surface area contributed by atoms with Crippen molar-refractivity contribution in [2.75, 3.05) is 18.3 Å². The van der Waals surface area contributed by atoms with Crippen molar-refractivity contribution >= 4 is 31.5 Å². The van der Waals surface area contributed by atoms with Crippen molar-refractivity contribution < 1.29 is 26.3 Å². The smallest absolute Gasteiger partial charge is 0.398 e. The van der Waals surface area contributed by atoms with Crippen LogP contribution in [-0.4, -0.2) is 27.1 Å². The van der Waals surface area contributed by atoms with Gasteiger partial charge in [0, 0.05) is 4.47 Å². The molecular weight excluding hydrogens is 339 g/mol. The first-order chi connectivity index (χ1) is 8.12. The third-order valence-electron chi connectivity index (χ3n) is 1.81. The molecule has 0 aliphatic carbocycles. The van der Waals surface area contributed by atoms with Crippen LogP contribution in [-0.2, 0) is 14.6 Å². The number of rotatable bonds is 4. The zero-order valence-corrected chi connectivity index (χ0v) is 11.3. The summed E-state index contributed by atoms with van der Waals surface area (Å²) in [7, 11) is -4.00. The molecule has 0 fully saturated rings. The fourth-order valence-corrected chi connectivity index (χ4v) is 2.64. The molecule has 2 N–H and O–H groups in total. The van der Waals surface area contributed by atoms with Gasteiger partial charge in [-0.25, -0.2) is 8.42 Å². The summed E-state index contributed by atoms with van der Waals surface area (Å²) in [5, 5.41) is 0. The van der Waals surface area contributed by atoms with Crippen LogP contribution in [0.25, 0.3) is 0 Å². The number of halogens is 4. The average molecular weight is 348 g/mol. The molecule has 0 aliphatic rings. The molecule has 1 aromatic rings. The van der Waals surface area contributed by atoms with Crippen LogP contribution < -0.4 is 5.73 Å². The second kappa shape index (κ2) is 5.45. The molecule has 18 heavy (non-hydrogen) atoms. The fraction of sp³-hybridized carbons (Fsp3) is 0.333. The molecule has 4 nitrogen and oxygen atoms in total. The molecule has 0 radical (unpaired) electrons. The summed E-state index contributed by atoms with van der Waals surface area (Å²) >= 11 is 3.09. The predicted octanol–water partition coefficient (Wildman–Crippen LogP) is 2.34. The van der Waals surface area contributed by atoms with E-state index < -0.39 is 28.6 Å². The predicted molar refractivity (Wildman–Crippen MR) is 62.6 cm³/mol. The molecule has 0 amide bonds. The summed E-state index contributed by atoms with van der Waals surface area (Å²) in [5.41, 5.74) is 5.42. The minimum absolute atomic E-state index is 0.0556. The Balaban J connectivity index is 2.81. The second-order valence-corrected chi connectivity index (χ2v) is 6.20. The second-order valence-electron chi connectivity index (χ2n) is 3.38.